The molecule has 146 valence electrons. The molecule has 3 nitrogen and oxygen atoms in total. The maximum atomic E-state index is 13.9. The van der Waals surface area contributed by atoms with Crippen LogP contribution in [0.1, 0.15) is 18.9 Å². The third kappa shape index (κ3) is 4.65. The Morgan fingerprint density at radius 3 is 2.46 bits per heavy atom. The summed E-state index contributed by atoms with van der Waals surface area (Å²) >= 11 is 0. The number of pyridine rings is 1. The molecule has 7 heteroatoms. The Labute approximate surface area is 159 Å². The van der Waals surface area contributed by atoms with Crippen LogP contribution < -0.4 is 5.32 Å². The van der Waals surface area contributed by atoms with Crippen molar-refractivity contribution in [3.05, 3.63) is 72.2 Å². The molecule has 1 unspecified atom stereocenters. The SMILES string of the molecule is CC(Cc1ccccc1)(CC(F)(F)F)C(=O)Nc1cnc2cccc(F)c2c1. The zero-order valence-corrected chi connectivity index (χ0v) is 15.1. The molecule has 3 aromatic rings. The zero-order valence-electron chi connectivity index (χ0n) is 15.1. The Kier molecular flexibility index (Phi) is 5.36. The number of benzene rings is 2. The van der Waals surface area contributed by atoms with Crippen LogP contribution in [-0.2, 0) is 11.2 Å². The maximum Gasteiger partial charge on any atom is 0.390 e. The lowest BCUT2D eigenvalue weighted by Crippen LogP contribution is -2.39. The van der Waals surface area contributed by atoms with Gasteiger partial charge in [-0.3, -0.25) is 9.78 Å². The van der Waals surface area contributed by atoms with E-state index >= 15 is 0 Å². The molecule has 0 fully saturated rings. The van der Waals surface area contributed by atoms with Crippen LogP contribution in [0, 0.1) is 11.2 Å². The molecule has 2 aromatic carbocycles. The van der Waals surface area contributed by atoms with Crippen molar-refractivity contribution in [1.29, 1.82) is 0 Å². The molecule has 0 radical (unpaired) electrons. The molecule has 1 aromatic heterocycles. The average Bonchev–Trinajstić information content (AvgIpc) is 2.61. The van der Waals surface area contributed by atoms with Gasteiger partial charge in [-0.2, -0.15) is 13.2 Å². The smallest absolute Gasteiger partial charge is 0.324 e. The molecular formula is C21H18F4N2O. The number of hydrogen-bond acceptors (Lipinski definition) is 2. The van der Waals surface area contributed by atoms with Gasteiger partial charge in [0.2, 0.25) is 5.91 Å². The number of halogens is 4. The first-order valence-corrected chi connectivity index (χ1v) is 8.63. The van der Waals surface area contributed by atoms with Gasteiger partial charge in [-0.15, -0.1) is 0 Å². The molecule has 0 aliphatic carbocycles. The number of anilines is 1. The molecule has 1 amide bonds. The molecule has 0 bridgehead atoms. The van der Waals surface area contributed by atoms with E-state index < -0.39 is 29.7 Å². The van der Waals surface area contributed by atoms with Crippen LogP contribution in [-0.4, -0.2) is 17.1 Å². The Bertz CT molecular complexity index is 989. The zero-order chi connectivity index (χ0) is 20.4. The predicted molar refractivity (Wildman–Crippen MR) is 99.3 cm³/mol. The van der Waals surface area contributed by atoms with Gasteiger partial charge in [0.25, 0.3) is 0 Å². The van der Waals surface area contributed by atoms with Crippen molar-refractivity contribution in [1.82, 2.24) is 4.98 Å². The highest BCUT2D eigenvalue weighted by Gasteiger charge is 2.44. The van der Waals surface area contributed by atoms with E-state index in [9.17, 15) is 22.4 Å². The van der Waals surface area contributed by atoms with E-state index in [1.807, 2.05) is 0 Å². The normalized spacial score (nSPS) is 13.9. The second kappa shape index (κ2) is 7.58. The molecule has 1 atom stereocenters. The fourth-order valence-corrected chi connectivity index (χ4v) is 3.18. The number of alkyl halides is 3. The minimum atomic E-state index is -4.52. The lowest BCUT2D eigenvalue weighted by Gasteiger charge is -2.29. The van der Waals surface area contributed by atoms with E-state index in [4.69, 9.17) is 0 Å². The van der Waals surface area contributed by atoms with Crippen LogP contribution in [0.2, 0.25) is 0 Å². The fourth-order valence-electron chi connectivity index (χ4n) is 3.18. The largest absolute Gasteiger partial charge is 0.390 e. The second-order valence-corrected chi connectivity index (χ2v) is 7.00. The minimum absolute atomic E-state index is 0.0887. The minimum Gasteiger partial charge on any atom is -0.324 e. The standard InChI is InChI=1S/C21H18F4N2O/c1-20(13-21(23,24)25,11-14-6-3-2-4-7-14)19(28)27-15-10-16-17(22)8-5-9-18(16)26-12-15/h2-10,12H,11,13H2,1H3,(H,27,28). The lowest BCUT2D eigenvalue weighted by atomic mass is 9.79. The lowest BCUT2D eigenvalue weighted by molar-refractivity contribution is -0.164. The third-order valence-electron chi connectivity index (χ3n) is 4.51. The van der Waals surface area contributed by atoms with Crippen molar-refractivity contribution in [3.8, 4) is 0 Å². The van der Waals surface area contributed by atoms with Crippen LogP contribution >= 0.6 is 0 Å². The molecule has 28 heavy (non-hydrogen) atoms. The van der Waals surface area contributed by atoms with E-state index in [0.717, 1.165) is 0 Å². The highest BCUT2D eigenvalue weighted by molar-refractivity contribution is 5.96. The summed E-state index contributed by atoms with van der Waals surface area (Å²) in [7, 11) is 0. The molecule has 3 rings (SSSR count). The number of hydrogen-bond donors (Lipinski definition) is 1. The molecule has 0 aliphatic rings. The van der Waals surface area contributed by atoms with Crippen molar-refractivity contribution < 1.29 is 22.4 Å². The van der Waals surface area contributed by atoms with Gasteiger partial charge < -0.3 is 5.32 Å². The van der Waals surface area contributed by atoms with Gasteiger partial charge in [-0.05, 0) is 30.2 Å². The summed E-state index contributed by atoms with van der Waals surface area (Å²) in [6, 6.07) is 14.2. The monoisotopic (exact) mass is 390 g/mol. The van der Waals surface area contributed by atoms with Gasteiger partial charge in [0.15, 0.2) is 0 Å². The van der Waals surface area contributed by atoms with Crippen LogP contribution in [0.25, 0.3) is 10.9 Å². The topological polar surface area (TPSA) is 42.0 Å². The van der Waals surface area contributed by atoms with Crippen LogP contribution in [0.4, 0.5) is 23.2 Å². The third-order valence-corrected chi connectivity index (χ3v) is 4.51. The first-order valence-electron chi connectivity index (χ1n) is 8.63. The Morgan fingerprint density at radius 2 is 1.79 bits per heavy atom. The summed E-state index contributed by atoms with van der Waals surface area (Å²) in [5.41, 5.74) is -0.583. The first kappa shape index (κ1) is 19.8. The number of nitrogens with one attached hydrogen (secondary N) is 1. The fraction of sp³-hybridized carbons (Fsp3) is 0.238. The van der Waals surface area contributed by atoms with Crippen molar-refractivity contribution in [2.45, 2.75) is 25.9 Å². The van der Waals surface area contributed by atoms with Crippen LogP contribution in [0.3, 0.4) is 0 Å². The molecule has 0 spiro atoms. The quantitative estimate of drug-likeness (QED) is 0.584. The Hall–Kier alpha value is -2.96. The molecule has 1 heterocycles. The van der Waals surface area contributed by atoms with Crippen LogP contribution in [0.5, 0.6) is 0 Å². The van der Waals surface area contributed by atoms with Gasteiger partial charge in [0, 0.05) is 5.39 Å². The number of nitrogens with zero attached hydrogens (tertiary/aromatic N) is 1. The van der Waals surface area contributed by atoms with Crippen molar-refractivity contribution in [2.75, 3.05) is 5.32 Å². The number of rotatable bonds is 5. The molecular weight excluding hydrogens is 372 g/mol. The molecule has 0 aliphatic heterocycles. The van der Waals surface area contributed by atoms with Gasteiger partial charge in [-0.25, -0.2) is 4.39 Å². The summed E-state index contributed by atoms with van der Waals surface area (Å²) in [6.07, 6.45) is -4.59. The Morgan fingerprint density at radius 1 is 1.07 bits per heavy atom. The van der Waals surface area contributed by atoms with E-state index in [0.29, 0.717) is 11.1 Å². The molecule has 0 saturated carbocycles. The Balaban J connectivity index is 1.89. The number of aromatic nitrogens is 1. The van der Waals surface area contributed by atoms with Gasteiger partial charge in [0.1, 0.15) is 5.82 Å². The number of fused-ring (bicyclic) bond motifs is 1. The van der Waals surface area contributed by atoms with E-state index in [2.05, 4.69) is 10.3 Å². The number of amides is 1. The number of carbonyl (C=O) groups excluding carboxylic acids is 1. The van der Waals surface area contributed by atoms with Crippen molar-refractivity contribution >= 4 is 22.5 Å². The van der Waals surface area contributed by atoms with Crippen molar-refractivity contribution in [3.63, 3.8) is 0 Å². The predicted octanol–water partition coefficient (Wildman–Crippen LogP) is 5.51. The summed E-state index contributed by atoms with van der Waals surface area (Å²) in [4.78, 5) is 16.9. The molecule has 0 saturated heterocycles. The maximum absolute atomic E-state index is 13.9. The van der Waals surface area contributed by atoms with Gasteiger partial charge in [-0.1, -0.05) is 43.3 Å². The summed E-state index contributed by atoms with van der Waals surface area (Å²) in [5, 5.41) is 2.66. The highest BCUT2D eigenvalue weighted by Crippen LogP contribution is 2.37. The summed E-state index contributed by atoms with van der Waals surface area (Å²) in [6.45, 7) is 1.28. The van der Waals surface area contributed by atoms with Crippen molar-refractivity contribution in [2.24, 2.45) is 5.41 Å². The van der Waals surface area contributed by atoms with Crippen LogP contribution in [0.15, 0.2) is 60.8 Å². The summed E-state index contributed by atoms with van der Waals surface area (Å²) < 4.78 is 53.5. The molecule has 1 N–H and O–H groups in total. The van der Waals surface area contributed by atoms with E-state index in [-0.39, 0.29) is 17.5 Å². The first-order chi connectivity index (χ1) is 13.2. The van der Waals surface area contributed by atoms with Gasteiger partial charge in [0.05, 0.1) is 29.2 Å². The van der Waals surface area contributed by atoms with E-state index in [1.165, 1.54) is 31.3 Å². The second-order valence-electron chi connectivity index (χ2n) is 7.00. The highest BCUT2D eigenvalue weighted by atomic mass is 19.4. The van der Waals surface area contributed by atoms with E-state index in [1.54, 1.807) is 36.4 Å². The summed E-state index contributed by atoms with van der Waals surface area (Å²) in [5.74, 6) is -1.32. The average molecular weight is 390 g/mol. The number of carbonyl (C=O) groups is 1. The van der Waals surface area contributed by atoms with Gasteiger partial charge >= 0.3 is 6.18 Å².